The fraction of sp³-hybridized carbons (Fsp3) is 0.278. The van der Waals surface area contributed by atoms with E-state index >= 15 is 0 Å². The highest BCUT2D eigenvalue weighted by Crippen LogP contribution is 2.18. The second-order valence-electron chi connectivity index (χ2n) is 5.45. The largest absolute Gasteiger partial charge is 0.492 e. The molecule has 0 aromatic heterocycles. The van der Waals surface area contributed by atoms with Crippen molar-refractivity contribution >= 4 is 28.5 Å². The third-order valence-corrected chi connectivity index (χ3v) is 4.32. The molecular weight excluding hydrogens is 408 g/mol. The fourth-order valence-corrected chi connectivity index (χ4v) is 2.63. The van der Waals surface area contributed by atoms with Crippen LogP contribution in [0.1, 0.15) is 35.7 Å². The summed E-state index contributed by atoms with van der Waals surface area (Å²) in [7, 11) is 0. The minimum atomic E-state index is -0.419. The first-order chi connectivity index (χ1) is 11.0. The number of halogens is 2. The zero-order chi connectivity index (χ0) is 16.8. The minimum Gasteiger partial charge on any atom is -0.492 e. The van der Waals surface area contributed by atoms with Crippen LogP contribution in [0.15, 0.2) is 42.5 Å². The second-order valence-corrected chi connectivity index (χ2v) is 6.61. The average Bonchev–Trinajstić information content (AvgIpc) is 2.54. The van der Waals surface area contributed by atoms with E-state index in [1.165, 1.54) is 17.7 Å². The van der Waals surface area contributed by atoms with Gasteiger partial charge in [-0.1, -0.05) is 26.0 Å². The van der Waals surface area contributed by atoms with Crippen LogP contribution in [0.4, 0.5) is 4.39 Å². The quantitative estimate of drug-likeness (QED) is 0.550. The van der Waals surface area contributed by atoms with Gasteiger partial charge in [0.05, 0.1) is 12.1 Å². The van der Waals surface area contributed by atoms with Crippen molar-refractivity contribution in [3.05, 3.63) is 63.0 Å². The van der Waals surface area contributed by atoms with Crippen LogP contribution in [0, 0.1) is 9.39 Å². The monoisotopic (exact) mass is 427 g/mol. The molecule has 1 amide bonds. The Bertz CT molecular complexity index is 671. The molecule has 2 aromatic carbocycles. The molecule has 5 heteroatoms. The van der Waals surface area contributed by atoms with Crippen LogP contribution < -0.4 is 10.1 Å². The lowest BCUT2D eigenvalue weighted by Gasteiger charge is -2.10. The molecule has 0 saturated heterocycles. The van der Waals surface area contributed by atoms with Crippen molar-refractivity contribution < 1.29 is 13.9 Å². The van der Waals surface area contributed by atoms with E-state index in [9.17, 15) is 9.18 Å². The minimum absolute atomic E-state index is 0.298. The van der Waals surface area contributed by atoms with Crippen LogP contribution >= 0.6 is 22.6 Å². The van der Waals surface area contributed by atoms with Gasteiger partial charge >= 0.3 is 0 Å². The maximum absolute atomic E-state index is 13.2. The predicted octanol–water partition coefficient (Wildman–Crippen LogP) is 4.36. The van der Waals surface area contributed by atoms with Gasteiger partial charge in [-0.05, 0) is 64.4 Å². The van der Waals surface area contributed by atoms with E-state index in [1.54, 1.807) is 6.07 Å². The fourth-order valence-electron chi connectivity index (χ4n) is 2.05. The maximum Gasteiger partial charge on any atom is 0.252 e. The first kappa shape index (κ1) is 17.7. The molecule has 0 aliphatic heterocycles. The topological polar surface area (TPSA) is 38.3 Å². The molecule has 0 unspecified atom stereocenters. The molecule has 0 radical (unpaired) electrons. The lowest BCUT2D eigenvalue weighted by molar-refractivity contribution is 0.0945. The van der Waals surface area contributed by atoms with Crippen LogP contribution in [0.2, 0.25) is 0 Å². The molecule has 23 heavy (non-hydrogen) atoms. The van der Waals surface area contributed by atoms with E-state index in [4.69, 9.17) is 4.74 Å². The third-order valence-electron chi connectivity index (χ3n) is 3.38. The molecule has 3 nitrogen and oxygen atoms in total. The van der Waals surface area contributed by atoms with Gasteiger partial charge in [-0.25, -0.2) is 4.39 Å². The molecule has 0 aliphatic carbocycles. The van der Waals surface area contributed by atoms with Crippen LogP contribution in [-0.4, -0.2) is 19.1 Å². The van der Waals surface area contributed by atoms with Crippen LogP contribution in [0.3, 0.4) is 0 Å². The van der Waals surface area contributed by atoms with E-state index in [2.05, 4.69) is 19.2 Å². The van der Waals surface area contributed by atoms with Crippen molar-refractivity contribution in [1.82, 2.24) is 5.32 Å². The SMILES string of the molecule is CC(C)c1ccc(OCCNC(=O)c2cc(F)ccc2I)cc1. The molecule has 0 saturated carbocycles. The number of rotatable bonds is 6. The predicted molar refractivity (Wildman–Crippen MR) is 97.5 cm³/mol. The van der Waals surface area contributed by atoms with E-state index < -0.39 is 5.82 Å². The second kappa shape index (κ2) is 8.29. The Balaban J connectivity index is 1.81. The summed E-state index contributed by atoms with van der Waals surface area (Å²) in [6.07, 6.45) is 0. The van der Waals surface area contributed by atoms with Crippen molar-refractivity contribution in [2.24, 2.45) is 0 Å². The van der Waals surface area contributed by atoms with Gasteiger partial charge in [0.25, 0.3) is 5.91 Å². The number of benzene rings is 2. The molecule has 122 valence electrons. The summed E-state index contributed by atoms with van der Waals surface area (Å²) in [4.78, 5) is 12.0. The molecular formula is C18H19FINO2. The zero-order valence-corrected chi connectivity index (χ0v) is 15.3. The maximum atomic E-state index is 13.2. The summed E-state index contributed by atoms with van der Waals surface area (Å²) in [5, 5.41) is 2.73. The van der Waals surface area contributed by atoms with Crippen LogP contribution in [0.25, 0.3) is 0 Å². The summed E-state index contributed by atoms with van der Waals surface area (Å²) < 4.78 is 19.5. The average molecular weight is 427 g/mol. The van der Waals surface area contributed by atoms with Crippen molar-refractivity contribution in [1.29, 1.82) is 0 Å². The Morgan fingerprint density at radius 3 is 2.57 bits per heavy atom. The molecule has 0 bridgehead atoms. The van der Waals surface area contributed by atoms with E-state index in [0.29, 0.717) is 28.2 Å². The van der Waals surface area contributed by atoms with Crippen LogP contribution in [-0.2, 0) is 0 Å². The summed E-state index contributed by atoms with van der Waals surface area (Å²) in [6, 6.07) is 12.1. The molecule has 0 spiro atoms. The number of carbonyl (C=O) groups excluding carboxylic acids is 1. The first-order valence-electron chi connectivity index (χ1n) is 7.43. The highest BCUT2D eigenvalue weighted by Gasteiger charge is 2.10. The van der Waals surface area contributed by atoms with Crippen molar-refractivity contribution in [3.63, 3.8) is 0 Å². The molecule has 0 atom stereocenters. The number of hydrogen-bond donors (Lipinski definition) is 1. The number of hydrogen-bond acceptors (Lipinski definition) is 2. The van der Waals surface area contributed by atoms with Crippen LogP contribution in [0.5, 0.6) is 5.75 Å². The van der Waals surface area contributed by atoms with Gasteiger partial charge in [0.1, 0.15) is 18.2 Å². The van der Waals surface area contributed by atoms with Gasteiger partial charge in [0.2, 0.25) is 0 Å². The van der Waals surface area contributed by atoms with Crippen molar-refractivity contribution in [2.75, 3.05) is 13.2 Å². The number of amides is 1. The highest BCUT2D eigenvalue weighted by molar-refractivity contribution is 14.1. The standard InChI is InChI=1S/C18H19FINO2/c1-12(2)13-3-6-15(7-4-13)23-10-9-21-18(22)16-11-14(19)5-8-17(16)20/h3-8,11-12H,9-10H2,1-2H3,(H,21,22). The Kier molecular flexibility index (Phi) is 6.38. The molecule has 1 N–H and O–H groups in total. The summed E-state index contributed by atoms with van der Waals surface area (Å²) in [6.45, 7) is 4.99. The Morgan fingerprint density at radius 2 is 1.91 bits per heavy atom. The summed E-state index contributed by atoms with van der Waals surface area (Å²) >= 11 is 2.01. The number of nitrogens with one attached hydrogen (secondary N) is 1. The zero-order valence-electron chi connectivity index (χ0n) is 13.1. The van der Waals surface area contributed by atoms with Crippen molar-refractivity contribution in [2.45, 2.75) is 19.8 Å². The molecule has 2 aromatic rings. The molecule has 0 fully saturated rings. The Morgan fingerprint density at radius 1 is 1.22 bits per heavy atom. The van der Waals surface area contributed by atoms with Gasteiger partial charge in [0, 0.05) is 3.57 Å². The van der Waals surface area contributed by atoms with E-state index in [1.807, 2.05) is 46.9 Å². The lowest BCUT2D eigenvalue weighted by atomic mass is 10.0. The number of ether oxygens (including phenoxy) is 1. The van der Waals surface area contributed by atoms with E-state index in [-0.39, 0.29) is 5.91 Å². The Hall–Kier alpha value is -1.63. The van der Waals surface area contributed by atoms with Gasteiger partial charge in [-0.3, -0.25) is 4.79 Å². The summed E-state index contributed by atoms with van der Waals surface area (Å²) in [5.74, 6) is 0.533. The molecule has 2 rings (SSSR count). The van der Waals surface area contributed by atoms with Gasteiger partial charge in [-0.2, -0.15) is 0 Å². The van der Waals surface area contributed by atoms with Gasteiger partial charge in [-0.15, -0.1) is 0 Å². The van der Waals surface area contributed by atoms with E-state index in [0.717, 1.165) is 5.75 Å². The van der Waals surface area contributed by atoms with Gasteiger partial charge in [0.15, 0.2) is 0 Å². The highest BCUT2D eigenvalue weighted by atomic mass is 127. The smallest absolute Gasteiger partial charge is 0.252 e. The third kappa shape index (κ3) is 5.20. The molecule has 0 heterocycles. The lowest BCUT2D eigenvalue weighted by Crippen LogP contribution is -2.28. The number of carbonyl (C=O) groups is 1. The normalized spacial score (nSPS) is 10.7. The van der Waals surface area contributed by atoms with Crippen molar-refractivity contribution in [3.8, 4) is 5.75 Å². The first-order valence-corrected chi connectivity index (χ1v) is 8.51. The summed E-state index contributed by atoms with van der Waals surface area (Å²) in [5.41, 5.74) is 1.60. The Labute approximate surface area is 149 Å². The van der Waals surface area contributed by atoms with Gasteiger partial charge < -0.3 is 10.1 Å². The molecule has 0 aliphatic rings.